The summed E-state index contributed by atoms with van der Waals surface area (Å²) in [6, 6.07) is 58.1. The van der Waals surface area contributed by atoms with Gasteiger partial charge in [0, 0.05) is 0 Å². The molecule has 6 aromatic rings. The van der Waals surface area contributed by atoms with Gasteiger partial charge in [0.05, 0.1) is 53.9 Å². The number of fused-ring (bicyclic) bond motifs is 4. The Bertz CT molecular complexity index is 2220. The maximum absolute atomic E-state index is 14.7. The summed E-state index contributed by atoms with van der Waals surface area (Å²) < 4.78 is 67.6. The fourth-order valence-electron chi connectivity index (χ4n) is 9.12. The summed E-state index contributed by atoms with van der Waals surface area (Å²) in [6.07, 6.45) is -13.4. The van der Waals surface area contributed by atoms with Crippen molar-refractivity contribution >= 4 is 12.2 Å². The van der Waals surface area contributed by atoms with Gasteiger partial charge in [0.25, 0.3) is 0 Å². The Morgan fingerprint density at radius 1 is 0.329 bits per heavy atom. The van der Waals surface area contributed by atoms with E-state index in [1.165, 1.54) is 24.0 Å². The van der Waals surface area contributed by atoms with Crippen molar-refractivity contribution in [2.45, 2.75) is 101 Å². The molecule has 3 aliphatic rings. The number of nitrogens with zero attached hydrogens (tertiary/aromatic N) is 2. The number of ether oxygens (including phenoxy) is 10. The van der Waals surface area contributed by atoms with Gasteiger partial charge in [-0.05, 0) is 33.4 Å². The molecule has 9 rings (SSSR count). The summed E-state index contributed by atoms with van der Waals surface area (Å²) in [5.74, 6) is 0. The molecule has 70 heavy (non-hydrogen) atoms. The van der Waals surface area contributed by atoms with Gasteiger partial charge < -0.3 is 47.4 Å². The first-order valence-electron chi connectivity index (χ1n) is 23.5. The van der Waals surface area contributed by atoms with Crippen LogP contribution in [0.3, 0.4) is 0 Å². The van der Waals surface area contributed by atoms with Gasteiger partial charge in [-0.2, -0.15) is 0 Å². The molecule has 3 heterocycles. The van der Waals surface area contributed by atoms with Gasteiger partial charge in [0.2, 0.25) is 0 Å². The number of carbonyl (C=O) groups excluding carboxylic acids is 2. The lowest BCUT2D eigenvalue weighted by atomic mass is 9.93. The standard InChI is InChI=1S/C56H58N2O12/c1-61-55(59)57-51-47(65-35-41-25-13-5-14-26-41)45(63-33-39-21-9-3-10-22-39)48(66-36-42-27-15-6-16-28-42)52(57)70-54-50(68-38-44-31-19-8-20-32-44)46(64-34-40-23-11-4-12-24-40)49(53(69-51)58(54)56(60)62-2)67-37-43-29-17-7-18-30-43/h3-32,45-54H,33-38H2,1-2H3/t45?,46?,47-,48+,49+,50-,51-,52+,53+,54-. The molecule has 0 spiro atoms. The van der Waals surface area contributed by atoms with Gasteiger partial charge in [-0.15, -0.1) is 0 Å². The monoisotopic (exact) mass is 950 g/mol. The molecule has 3 aliphatic heterocycles. The first kappa shape index (κ1) is 48.6. The van der Waals surface area contributed by atoms with Crippen LogP contribution < -0.4 is 0 Å². The first-order valence-corrected chi connectivity index (χ1v) is 23.5. The van der Waals surface area contributed by atoms with E-state index in [0.29, 0.717) is 0 Å². The Balaban J connectivity index is 1.21. The molecule has 14 heteroatoms. The van der Waals surface area contributed by atoms with Crippen molar-refractivity contribution in [3.05, 3.63) is 215 Å². The second kappa shape index (κ2) is 23.9. The zero-order chi connectivity index (χ0) is 48.1. The van der Waals surface area contributed by atoms with E-state index < -0.39 is 73.7 Å². The summed E-state index contributed by atoms with van der Waals surface area (Å²) in [5.41, 5.74) is 5.19. The van der Waals surface area contributed by atoms with E-state index in [2.05, 4.69) is 0 Å². The van der Waals surface area contributed by atoms with Crippen LogP contribution in [0, 0.1) is 0 Å². The highest BCUT2D eigenvalue weighted by Crippen LogP contribution is 2.43. The van der Waals surface area contributed by atoms with Crippen LogP contribution in [0.5, 0.6) is 0 Å². The van der Waals surface area contributed by atoms with E-state index in [1.807, 2.05) is 182 Å². The predicted molar refractivity (Wildman–Crippen MR) is 256 cm³/mol. The Morgan fingerprint density at radius 2 is 0.514 bits per heavy atom. The normalized spacial score (nSPS) is 25.1. The maximum atomic E-state index is 14.7. The number of methoxy groups -OCH3 is 2. The van der Waals surface area contributed by atoms with Crippen LogP contribution in [-0.4, -0.2) is 97.7 Å². The Labute approximate surface area is 408 Å². The zero-order valence-electron chi connectivity index (χ0n) is 39.1. The third-order valence-electron chi connectivity index (χ3n) is 12.6. The molecule has 2 unspecified atom stereocenters. The number of hydrogen-bond acceptors (Lipinski definition) is 12. The van der Waals surface area contributed by atoms with Crippen LogP contribution >= 0.6 is 0 Å². The van der Waals surface area contributed by atoms with E-state index in [-0.39, 0.29) is 39.6 Å². The smallest absolute Gasteiger partial charge is 0.413 e. The third-order valence-corrected chi connectivity index (χ3v) is 12.6. The number of piperidine rings is 2. The van der Waals surface area contributed by atoms with Gasteiger partial charge in [0.15, 0.2) is 24.9 Å². The van der Waals surface area contributed by atoms with E-state index >= 15 is 0 Å². The molecule has 3 saturated heterocycles. The van der Waals surface area contributed by atoms with Crippen LogP contribution in [0.4, 0.5) is 9.59 Å². The second-order valence-electron chi connectivity index (χ2n) is 17.2. The number of rotatable bonds is 18. The summed E-state index contributed by atoms with van der Waals surface area (Å²) in [4.78, 5) is 32.0. The van der Waals surface area contributed by atoms with E-state index in [4.69, 9.17) is 47.4 Å². The van der Waals surface area contributed by atoms with Crippen LogP contribution in [0.15, 0.2) is 182 Å². The lowest BCUT2D eigenvalue weighted by Crippen LogP contribution is -2.79. The van der Waals surface area contributed by atoms with Crippen molar-refractivity contribution in [1.29, 1.82) is 0 Å². The fraction of sp³-hybridized carbons (Fsp3) is 0.321. The minimum absolute atomic E-state index is 0.0860. The molecular formula is C56H58N2O12. The van der Waals surface area contributed by atoms with Crippen molar-refractivity contribution in [2.24, 2.45) is 0 Å². The van der Waals surface area contributed by atoms with Crippen LogP contribution in [0.2, 0.25) is 0 Å². The van der Waals surface area contributed by atoms with Crippen LogP contribution in [-0.2, 0) is 87.0 Å². The Morgan fingerprint density at radius 3 is 0.700 bits per heavy atom. The molecule has 14 nitrogen and oxygen atoms in total. The van der Waals surface area contributed by atoms with Gasteiger partial charge in [0.1, 0.15) is 36.6 Å². The Hall–Kier alpha value is -6.46. The highest BCUT2D eigenvalue weighted by molar-refractivity contribution is 5.70. The lowest BCUT2D eigenvalue weighted by Gasteiger charge is -2.59. The zero-order valence-corrected chi connectivity index (χ0v) is 39.1. The highest BCUT2D eigenvalue weighted by atomic mass is 16.7. The molecule has 3 fully saturated rings. The molecule has 10 atom stereocenters. The van der Waals surface area contributed by atoms with Crippen molar-refractivity contribution in [3.63, 3.8) is 0 Å². The molecule has 0 aliphatic carbocycles. The van der Waals surface area contributed by atoms with Crippen LogP contribution in [0.25, 0.3) is 0 Å². The van der Waals surface area contributed by atoms with E-state index in [9.17, 15) is 9.59 Å². The van der Waals surface area contributed by atoms with Crippen LogP contribution in [0.1, 0.15) is 33.4 Å². The topological polar surface area (TPSA) is 133 Å². The van der Waals surface area contributed by atoms with Crippen molar-refractivity contribution < 1.29 is 57.0 Å². The number of carbonyl (C=O) groups is 2. The fourth-order valence-corrected chi connectivity index (χ4v) is 9.12. The number of hydrogen-bond donors (Lipinski definition) is 0. The average molecular weight is 951 g/mol. The summed E-state index contributed by atoms with van der Waals surface area (Å²) >= 11 is 0. The minimum Gasteiger partial charge on any atom is -0.453 e. The predicted octanol–water partition coefficient (Wildman–Crippen LogP) is 9.01. The number of amides is 2. The average Bonchev–Trinajstić information content (AvgIpc) is 3.41. The van der Waals surface area contributed by atoms with Gasteiger partial charge >= 0.3 is 12.2 Å². The quantitative estimate of drug-likeness (QED) is 0.0815. The SMILES string of the molecule is COC(=O)N1[C@@H]2O[C@H]3[C@@H](OCc4ccccc4)C(OCc4ccccc4)[C@@H](OCc4ccccc4)[C@@H](O[C@H]1[C@@H](OCc1ccccc1)C(OCc1ccccc1)[C@H]2OCc1ccccc1)N3C(=O)OC. The van der Waals surface area contributed by atoms with Crippen molar-refractivity contribution in [1.82, 2.24) is 9.80 Å². The summed E-state index contributed by atoms with van der Waals surface area (Å²) in [6.45, 7) is 0.625. The molecule has 0 saturated carbocycles. The van der Waals surface area contributed by atoms with Gasteiger partial charge in [-0.25, -0.2) is 9.59 Å². The first-order chi connectivity index (χ1) is 34.5. The second-order valence-corrected chi connectivity index (χ2v) is 17.2. The molecule has 0 aromatic heterocycles. The molecule has 6 aromatic carbocycles. The summed E-state index contributed by atoms with van der Waals surface area (Å²) in [5, 5.41) is 0. The molecule has 0 N–H and O–H groups in total. The largest absolute Gasteiger partial charge is 0.453 e. The third kappa shape index (κ3) is 11.6. The maximum Gasteiger partial charge on any atom is 0.413 e. The summed E-state index contributed by atoms with van der Waals surface area (Å²) in [7, 11) is 2.57. The molecule has 2 amide bonds. The van der Waals surface area contributed by atoms with E-state index in [0.717, 1.165) is 33.4 Å². The highest BCUT2D eigenvalue weighted by Gasteiger charge is 2.64. The Kier molecular flexibility index (Phi) is 16.6. The molecule has 364 valence electrons. The molecule has 0 radical (unpaired) electrons. The van der Waals surface area contributed by atoms with Gasteiger partial charge in [-0.3, -0.25) is 9.80 Å². The lowest BCUT2D eigenvalue weighted by molar-refractivity contribution is -0.394. The molecular weight excluding hydrogens is 893 g/mol. The number of benzene rings is 6. The van der Waals surface area contributed by atoms with Gasteiger partial charge in [-0.1, -0.05) is 182 Å². The van der Waals surface area contributed by atoms with E-state index in [1.54, 1.807) is 0 Å². The molecule has 4 bridgehead atoms. The van der Waals surface area contributed by atoms with Crippen molar-refractivity contribution in [3.8, 4) is 0 Å². The van der Waals surface area contributed by atoms with Crippen molar-refractivity contribution in [2.75, 3.05) is 14.2 Å². The minimum atomic E-state index is -1.36.